The minimum atomic E-state index is -0.933. The number of hydrogen-bond acceptors (Lipinski definition) is 3. The molecule has 0 radical (unpaired) electrons. The number of ether oxygens (including phenoxy) is 1. The number of rotatable bonds is 6. The lowest BCUT2D eigenvalue weighted by Crippen LogP contribution is -2.30. The van der Waals surface area contributed by atoms with E-state index in [9.17, 15) is 14.7 Å². The highest BCUT2D eigenvalue weighted by atomic mass is 16.5. The van der Waals surface area contributed by atoms with Gasteiger partial charge in [0.2, 0.25) is 0 Å². The van der Waals surface area contributed by atoms with Gasteiger partial charge in [-0.05, 0) is 36.2 Å². The van der Waals surface area contributed by atoms with Crippen LogP contribution in [-0.4, -0.2) is 28.5 Å². The van der Waals surface area contributed by atoms with E-state index < -0.39 is 12.0 Å². The number of nitrogens with zero attached hydrogens (tertiary/aromatic N) is 1. The monoisotopic (exact) mass is 325 g/mol. The maximum atomic E-state index is 12.7. The van der Waals surface area contributed by atoms with Crippen LogP contribution in [0.5, 0.6) is 5.75 Å². The first kappa shape index (κ1) is 16.1. The van der Waals surface area contributed by atoms with Gasteiger partial charge >= 0.3 is 5.97 Å². The Morgan fingerprint density at radius 1 is 1.21 bits per heavy atom. The molecule has 1 N–H and O–H groups in total. The van der Waals surface area contributed by atoms with Crippen LogP contribution in [0.25, 0.3) is 0 Å². The van der Waals surface area contributed by atoms with Gasteiger partial charge in [-0.1, -0.05) is 30.3 Å². The quantitative estimate of drug-likeness (QED) is 0.885. The first-order valence-corrected chi connectivity index (χ1v) is 7.93. The van der Waals surface area contributed by atoms with Gasteiger partial charge in [-0.15, -0.1) is 0 Å². The number of carboxylic acid groups (broad SMARTS) is 1. The van der Waals surface area contributed by atoms with Crippen molar-refractivity contribution in [3.8, 4) is 5.75 Å². The Balaban J connectivity index is 1.90. The molecule has 0 saturated heterocycles. The number of carboxylic acids is 1. The highest BCUT2D eigenvalue weighted by Gasteiger charge is 2.34. The van der Waals surface area contributed by atoms with Crippen LogP contribution in [0.1, 0.15) is 40.9 Å². The zero-order chi connectivity index (χ0) is 17.1. The van der Waals surface area contributed by atoms with Crippen molar-refractivity contribution in [2.45, 2.75) is 25.9 Å². The molecule has 0 bridgehead atoms. The van der Waals surface area contributed by atoms with E-state index >= 15 is 0 Å². The Labute approximate surface area is 140 Å². The Morgan fingerprint density at radius 2 is 1.92 bits per heavy atom. The Morgan fingerprint density at radius 3 is 2.54 bits per heavy atom. The summed E-state index contributed by atoms with van der Waals surface area (Å²) in [5.41, 5.74) is 2.38. The van der Waals surface area contributed by atoms with Gasteiger partial charge in [-0.25, -0.2) is 0 Å². The van der Waals surface area contributed by atoms with Gasteiger partial charge in [0.1, 0.15) is 5.75 Å². The third kappa shape index (κ3) is 3.11. The molecule has 0 aliphatic carbocycles. The van der Waals surface area contributed by atoms with Gasteiger partial charge in [0.15, 0.2) is 0 Å². The lowest BCUT2D eigenvalue weighted by atomic mass is 10.0. The molecule has 1 atom stereocenters. The average molecular weight is 325 g/mol. The number of carbonyl (C=O) groups excluding carboxylic acids is 1. The predicted octanol–water partition coefficient (Wildman–Crippen LogP) is 3.26. The maximum absolute atomic E-state index is 12.7. The third-order valence-electron chi connectivity index (χ3n) is 4.17. The number of hydrogen-bond donors (Lipinski definition) is 1. The molecule has 2 aromatic rings. The van der Waals surface area contributed by atoms with E-state index in [4.69, 9.17) is 4.74 Å². The van der Waals surface area contributed by atoms with Crippen LogP contribution in [-0.2, 0) is 11.3 Å². The minimum absolute atomic E-state index is 0.120. The van der Waals surface area contributed by atoms with Gasteiger partial charge in [-0.2, -0.15) is 0 Å². The smallest absolute Gasteiger partial charge is 0.305 e. The molecule has 124 valence electrons. The normalized spacial score (nSPS) is 14.4. The SMILES string of the molecule is CCOc1ccc([C@@H](CC(=O)O)N2Cc3ccccc3C2=O)cc1. The van der Waals surface area contributed by atoms with E-state index in [1.54, 1.807) is 23.1 Å². The largest absolute Gasteiger partial charge is 0.494 e. The van der Waals surface area contributed by atoms with Gasteiger partial charge in [0, 0.05) is 12.1 Å². The lowest BCUT2D eigenvalue weighted by molar-refractivity contribution is -0.138. The number of amides is 1. The fraction of sp³-hybridized carbons (Fsp3) is 0.263. The summed E-state index contributed by atoms with van der Waals surface area (Å²) < 4.78 is 5.42. The van der Waals surface area contributed by atoms with Gasteiger partial charge in [0.05, 0.1) is 19.1 Å². The van der Waals surface area contributed by atoms with Crippen LogP contribution in [0.4, 0.5) is 0 Å². The fourth-order valence-electron chi connectivity index (χ4n) is 3.05. The second-order valence-electron chi connectivity index (χ2n) is 5.71. The summed E-state index contributed by atoms with van der Waals surface area (Å²) in [6.07, 6.45) is -0.131. The van der Waals surface area contributed by atoms with Crippen molar-refractivity contribution in [1.82, 2.24) is 4.90 Å². The Hall–Kier alpha value is -2.82. The first-order chi connectivity index (χ1) is 11.6. The molecular weight excluding hydrogens is 306 g/mol. The highest BCUT2D eigenvalue weighted by molar-refractivity contribution is 5.98. The molecule has 24 heavy (non-hydrogen) atoms. The third-order valence-corrected chi connectivity index (χ3v) is 4.17. The average Bonchev–Trinajstić information content (AvgIpc) is 2.91. The number of fused-ring (bicyclic) bond motifs is 1. The van der Waals surface area contributed by atoms with Crippen LogP contribution < -0.4 is 4.74 Å². The molecular formula is C19H19NO4. The molecule has 5 heteroatoms. The molecule has 5 nitrogen and oxygen atoms in total. The summed E-state index contributed by atoms with van der Waals surface area (Å²) >= 11 is 0. The topological polar surface area (TPSA) is 66.8 Å². The van der Waals surface area contributed by atoms with Gasteiger partial charge in [-0.3, -0.25) is 9.59 Å². The van der Waals surface area contributed by atoms with Crippen LogP contribution in [0.2, 0.25) is 0 Å². The van der Waals surface area contributed by atoms with Crippen molar-refractivity contribution in [3.63, 3.8) is 0 Å². The number of carbonyl (C=O) groups is 2. The van der Waals surface area contributed by atoms with E-state index in [0.29, 0.717) is 18.7 Å². The molecule has 0 fully saturated rings. The standard InChI is InChI=1S/C19H19NO4/c1-2-24-15-9-7-13(8-10-15)17(11-18(21)22)20-12-14-5-3-4-6-16(14)19(20)23/h3-10,17H,2,11-12H2,1H3,(H,21,22)/t17-/m1/s1. The van der Waals surface area contributed by atoms with Crippen molar-refractivity contribution in [2.75, 3.05) is 6.61 Å². The summed E-state index contributed by atoms with van der Waals surface area (Å²) in [5.74, 6) is -0.324. The highest BCUT2D eigenvalue weighted by Crippen LogP contribution is 2.34. The molecule has 3 rings (SSSR count). The molecule has 0 spiro atoms. The molecule has 2 aromatic carbocycles. The summed E-state index contributed by atoms with van der Waals surface area (Å²) in [4.78, 5) is 25.6. The van der Waals surface area contributed by atoms with Crippen LogP contribution in [0, 0.1) is 0 Å². The number of aliphatic carboxylic acids is 1. The van der Waals surface area contributed by atoms with Crippen LogP contribution in [0.3, 0.4) is 0 Å². The second-order valence-corrected chi connectivity index (χ2v) is 5.71. The van der Waals surface area contributed by atoms with Crippen molar-refractivity contribution in [3.05, 3.63) is 65.2 Å². The summed E-state index contributed by atoms with van der Waals surface area (Å²) in [7, 11) is 0. The van der Waals surface area contributed by atoms with Crippen LogP contribution in [0.15, 0.2) is 48.5 Å². The van der Waals surface area contributed by atoms with Gasteiger partial charge < -0.3 is 14.7 Å². The molecule has 1 aliphatic heterocycles. The van der Waals surface area contributed by atoms with E-state index in [-0.39, 0.29) is 12.3 Å². The molecule has 1 heterocycles. The molecule has 1 amide bonds. The van der Waals surface area contributed by atoms with E-state index in [1.165, 1.54) is 0 Å². The van der Waals surface area contributed by atoms with Crippen molar-refractivity contribution >= 4 is 11.9 Å². The number of benzene rings is 2. The lowest BCUT2D eigenvalue weighted by Gasteiger charge is -2.27. The zero-order valence-corrected chi connectivity index (χ0v) is 13.4. The van der Waals surface area contributed by atoms with E-state index in [1.807, 2.05) is 37.3 Å². The minimum Gasteiger partial charge on any atom is -0.494 e. The van der Waals surface area contributed by atoms with Crippen molar-refractivity contribution < 1.29 is 19.4 Å². The fourth-order valence-corrected chi connectivity index (χ4v) is 3.05. The van der Waals surface area contributed by atoms with Crippen LogP contribution >= 0.6 is 0 Å². The maximum Gasteiger partial charge on any atom is 0.305 e. The summed E-state index contributed by atoms with van der Waals surface area (Å²) in [6, 6.07) is 14.2. The van der Waals surface area contributed by atoms with E-state index in [2.05, 4.69) is 0 Å². The molecule has 0 saturated carbocycles. The van der Waals surface area contributed by atoms with Crippen molar-refractivity contribution in [2.24, 2.45) is 0 Å². The zero-order valence-electron chi connectivity index (χ0n) is 13.4. The Kier molecular flexibility index (Phi) is 4.51. The molecule has 1 aliphatic rings. The summed E-state index contributed by atoms with van der Waals surface area (Å²) in [6.45, 7) is 2.90. The second kappa shape index (κ2) is 6.74. The first-order valence-electron chi connectivity index (χ1n) is 7.93. The molecule has 0 unspecified atom stereocenters. The van der Waals surface area contributed by atoms with Crippen molar-refractivity contribution in [1.29, 1.82) is 0 Å². The molecule has 0 aromatic heterocycles. The predicted molar refractivity (Wildman–Crippen MR) is 88.9 cm³/mol. The van der Waals surface area contributed by atoms with Gasteiger partial charge in [0.25, 0.3) is 5.91 Å². The summed E-state index contributed by atoms with van der Waals surface area (Å²) in [5, 5.41) is 9.28. The Bertz CT molecular complexity index is 754. The van der Waals surface area contributed by atoms with E-state index in [0.717, 1.165) is 16.9 Å².